The summed E-state index contributed by atoms with van der Waals surface area (Å²) < 4.78 is 26.5. The molecule has 0 aliphatic rings. The number of halogens is 2. The standard InChI is InChI=1S/C22H18F2N2O2/c23-19-11-5-15(6-12-19)13-25-21(27)16-7-9-17(10-8-16)22(28)26-14-18-3-1-2-4-20(18)24/h1-12H,13-14H2,(H,25,27)(H,26,28). The number of rotatable bonds is 6. The third-order valence-corrected chi connectivity index (χ3v) is 4.17. The van der Waals surface area contributed by atoms with E-state index in [4.69, 9.17) is 0 Å². The molecule has 0 spiro atoms. The number of nitrogens with one attached hydrogen (secondary N) is 2. The minimum absolute atomic E-state index is 0.0748. The third kappa shape index (κ3) is 5.01. The van der Waals surface area contributed by atoms with Gasteiger partial charge in [0, 0.05) is 29.8 Å². The SMILES string of the molecule is O=C(NCc1ccc(F)cc1)c1ccc(C(=O)NCc2ccccc2F)cc1. The van der Waals surface area contributed by atoms with Crippen molar-refractivity contribution in [3.8, 4) is 0 Å². The Balaban J connectivity index is 1.54. The minimum atomic E-state index is -0.379. The van der Waals surface area contributed by atoms with E-state index >= 15 is 0 Å². The first-order valence-electron chi connectivity index (χ1n) is 8.67. The van der Waals surface area contributed by atoms with Gasteiger partial charge in [-0.3, -0.25) is 9.59 Å². The second kappa shape index (κ2) is 8.90. The summed E-state index contributed by atoms with van der Waals surface area (Å²) in [7, 11) is 0. The lowest BCUT2D eigenvalue weighted by Gasteiger charge is -2.08. The average Bonchev–Trinajstić information content (AvgIpc) is 2.72. The van der Waals surface area contributed by atoms with Gasteiger partial charge in [0.15, 0.2) is 0 Å². The zero-order chi connectivity index (χ0) is 19.9. The van der Waals surface area contributed by atoms with Crippen molar-refractivity contribution in [1.29, 1.82) is 0 Å². The molecule has 3 aromatic rings. The summed E-state index contributed by atoms with van der Waals surface area (Å²) in [5, 5.41) is 5.38. The van der Waals surface area contributed by atoms with E-state index in [0.29, 0.717) is 16.7 Å². The van der Waals surface area contributed by atoms with Crippen LogP contribution < -0.4 is 10.6 Å². The van der Waals surface area contributed by atoms with Crippen LogP contribution in [0.5, 0.6) is 0 Å². The lowest BCUT2D eigenvalue weighted by molar-refractivity contribution is 0.0939. The molecule has 142 valence electrons. The first-order chi connectivity index (χ1) is 13.5. The molecule has 0 fully saturated rings. The molecule has 0 heterocycles. The van der Waals surface area contributed by atoms with Crippen LogP contribution in [0.4, 0.5) is 8.78 Å². The molecular formula is C22H18F2N2O2. The summed E-state index contributed by atoms with van der Waals surface area (Å²) in [6.07, 6.45) is 0. The van der Waals surface area contributed by atoms with Crippen LogP contribution in [0.2, 0.25) is 0 Å². The van der Waals surface area contributed by atoms with E-state index in [9.17, 15) is 18.4 Å². The van der Waals surface area contributed by atoms with Gasteiger partial charge < -0.3 is 10.6 Å². The van der Waals surface area contributed by atoms with Gasteiger partial charge in [-0.1, -0.05) is 30.3 Å². The van der Waals surface area contributed by atoms with Crippen molar-refractivity contribution in [2.75, 3.05) is 0 Å². The molecular weight excluding hydrogens is 362 g/mol. The largest absolute Gasteiger partial charge is 0.348 e. The van der Waals surface area contributed by atoms with E-state index in [1.165, 1.54) is 42.5 Å². The van der Waals surface area contributed by atoms with E-state index in [0.717, 1.165) is 5.56 Å². The zero-order valence-electron chi connectivity index (χ0n) is 14.9. The van der Waals surface area contributed by atoms with Crippen LogP contribution in [-0.2, 0) is 13.1 Å². The normalized spacial score (nSPS) is 10.4. The predicted octanol–water partition coefficient (Wildman–Crippen LogP) is 3.82. The van der Waals surface area contributed by atoms with Crippen molar-refractivity contribution in [2.45, 2.75) is 13.1 Å². The Kier molecular flexibility index (Phi) is 6.11. The summed E-state index contributed by atoms with van der Waals surface area (Å²) >= 11 is 0. The first-order valence-corrected chi connectivity index (χ1v) is 8.67. The van der Waals surface area contributed by atoms with E-state index in [-0.39, 0.29) is 36.5 Å². The van der Waals surface area contributed by atoms with Crippen LogP contribution >= 0.6 is 0 Å². The molecule has 0 radical (unpaired) electrons. The topological polar surface area (TPSA) is 58.2 Å². The maximum absolute atomic E-state index is 13.6. The molecule has 0 unspecified atom stereocenters. The molecule has 4 nitrogen and oxygen atoms in total. The maximum atomic E-state index is 13.6. The molecule has 3 rings (SSSR count). The smallest absolute Gasteiger partial charge is 0.251 e. The molecule has 0 atom stereocenters. The van der Waals surface area contributed by atoms with Gasteiger partial charge in [-0.05, 0) is 48.0 Å². The number of amides is 2. The van der Waals surface area contributed by atoms with Gasteiger partial charge in [0.05, 0.1) is 0 Å². The summed E-state index contributed by atoms with van der Waals surface area (Å²) in [6.45, 7) is 0.343. The van der Waals surface area contributed by atoms with Gasteiger partial charge in [0.2, 0.25) is 0 Å². The second-order valence-corrected chi connectivity index (χ2v) is 6.16. The molecule has 3 aromatic carbocycles. The summed E-state index contributed by atoms with van der Waals surface area (Å²) in [5.74, 6) is -1.38. The van der Waals surface area contributed by atoms with Crippen molar-refractivity contribution in [1.82, 2.24) is 10.6 Å². The van der Waals surface area contributed by atoms with E-state index in [1.54, 1.807) is 30.3 Å². The van der Waals surface area contributed by atoms with Gasteiger partial charge in [-0.15, -0.1) is 0 Å². The van der Waals surface area contributed by atoms with Crippen molar-refractivity contribution in [3.05, 3.63) is 107 Å². The average molecular weight is 380 g/mol. The zero-order valence-corrected chi connectivity index (χ0v) is 14.9. The molecule has 0 aliphatic carbocycles. The summed E-state index contributed by atoms with van der Waals surface area (Å²) in [4.78, 5) is 24.4. The number of hydrogen-bond acceptors (Lipinski definition) is 2. The fraction of sp³-hybridized carbons (Fsp3) is 0.0909. The second-order valence-electron chi connectivity index (χ2n) is 6.16. The molecule has 2 N–H and O–H groups in total. The van der Waals surface area contributed by atoms with Gasteiger partial charge in [-0.2, -0.15) is 0 Å². The van der Waals surface area contributed by atoms with Gasteiger partial charge in [0.25, 0.3) is 11.8 Å². The summed E-state index contributed by atoms with van der Waals surface area (Å²) in [6, 6.07) is 18.2. The number of benzene rings is 3. The third-order valence-electron chi connectivity index (χ3n) is 4.17. The Morgan fingerprint density at radius 1 is 0.679 bits per heavy atom. The molecule has 0 aromatic heterocycles. The Labute approximate surface area is 161 Å². The molecule has 0 saturated heterocycles. The lowest BCUT2D eigenvalue weighted by atomic mass is 10.1. The number of carbonyl (C=O) groups is 2. The van der Waals surface area contributed by atoms with Crippen LogP contribution in [0.3, 0.4) is 0 Å². The Morgan fingerprint density at radius 2 is 1.21 bits per heavy atom. The number of carbonyl (C=O) groups excluding carboxylic acids is 2. The fourth-order valence-corrected chi connectivity index (χ4v) is 2.58. The first kappa shape index (κ1) is 19.2. The Bertz CT molecular complexity index is 971. The van der Waals surface area contributed by atoms with Crippen molar-refractivity contribution >= 4 is 11.8 Å². The van der Waals surface area contributed by atoms with Crippen LogP contribution in [-0.4, -0.2) is 11.8 Å². The Morgan fingerprint density at radius 3 is 1.79 bits per heavy atom. The van der Waals surface area contributed by atoms with Crippen LogP contribution in [0.25, 0.3) is 0 Å². The van der Waals surface area contributed by atoms with Crippen LogP contribution in [0, 0.1) is 11.6 Å². The molecule has 0 saturated carbocycles. The summed E-state index contributed by atoms with van der Waals surface area (Å²) in [5.41, 5.74) is 1.94. The Hall–Kier alpha value is -3.54. The van der Waals surface area contributed by atoms with Crippen LogP contribution in [0.15, 0.2) is 72.8 Å². The quantitative estimate of drug-likeness (QED) is 0.683. The van der Waals surface area contributed by atoms with Crippen molar-refractivity contribution < 1.29 is 18.4 Å². The van der Waals surface area contributed by atoms with Gasteiger partial charge >= 0.3 is 0 Å². The minimum Gasteiger partial charge on any atom is -0.348 e. The van der Waals surface area contributed by atoms with Crippen molar-refractivity contribution in [3.63, 3.8) is 0 Å². The molecule has 6 heteroatoms. The predicted molar refractivity (Wildman–Crippen MR) is 102 cm³/mol. The molecule has 0 aliphatic heterocycles. The van der Waals surface area contributed by atoms with E-state index < -0.39 is 0 Å². The fourth-order valence-electron chi connectivity index (χ4n) is 2.58. The van der Waals surface area contributed by atoms with Crippen LogP contribution in [0.1, 0.15) is 31.8 Å². The lowest BCUT2D eigenvalue weighted by Crippen LogP contribution is -2.24. The highest BCUT2D eigenvalue weighted by Crippen LogP contribution is 2.09. The van der Waals surface area contributed by atoms with Gasteiger partial charge in [0.1, 0.15) is 11.6 Å². The number of hydrogen-bond donors (Lipinski definition) is 2. The molecule has 0 bridgehead atoms. The highest BCUT2D eigenvalue weighted by atomic mass is 19.1. The van der Waals surface area contributed by atoms with E-state index in [1.807, 2.05) is 0 Å². The maximum Gasteiger partial charge on any atom is 0.251 e. The monoisotopic (exact) mass is 380 g/mol. The molecule has 28 heavy (non-hydrogen) atoms. The van der Waals surface area contributed by atoms with Gasteiger partial charge in [-0.25, -0.2) is 8.78 Å². The molecule has 2 amide bonds. The van der Waals surface area contributed by atoms with E-state index in [2.05, 4.69) is 10.6 Å². The highest BCUT2D eigenvalue weighted by molar-refractivity contribution is 5.97. The highest BCUT2D eigenvalue weighted by Gasteiger charge is 2.10. The van der Waals surface area contributed by atoms with Crippen molar-refractivity contribution in [2.24, 2.45) is 0 Å².